The second-order valence-electron chi connectivity index (χ2n) is 6.14. The van der Waals surface area contributed by atoms with Crippen LogP contribution >= 0.6 is 0 Å². The van der Waals surface area contributed by atoms with Crippen LogP contribution in [0.2, 0.25) is 0 Å². The molecule has 0 unspecified atom stereocenters. The van der Waals surface area contributed by atoms with Crippen molar-refractivity contribution in [1.29, 1.82) is 0 Å². The zero-order chi connectivity index (χ0) is 18.3. The van der Waals surface area contributed by atoms with Gasteiger partial charge in [0.15, 0.2) is 0 Å². The van der Waals surface area contributed by atoms with E-state index >= 15 is 0 Å². The predicted molar refractivity (Wildman–Crippen MR) is 97.4 cm³/mol. The van der Waals surface area contributed by atoms with E-state index in [9.17, 15) is 14.4 Å². The van der Waals surface area contributed by atoms with Crippen LogP contribution in [0.5, 0.6) is 0 Å². The van der Waals surface area contributed by atoms with E-state index in [4.69, 9.17) is 0 Å². The summed E-state index contributed by atoms with van der Waals surface area (Å²) >= 11 is 0. The van der Waals surface area contributed by atoms with Crippen molar-refractivity contribution < 1.29 is 9.59 Å². The SMILES string of the molecule is CN(CCN1C(=O)c2ccccc2C1=O)c1nc2ccccc2c(=O)[nH]1. The number of likely N-dealkylation sites (N-methyl/N-ethyl adjacent to an activating group) is 1. The Labute approximate surface area is 148 Å². The number of hydrogen-bond acceptors (Lipinski definition) is 5. The molecule has 0 spiro atoms. The van der Waals surface area contributed by atoms with Gasteiger partial charge in [-0.1, -0.05) is 24.3 Å². The lowest BCUT2D eigenvalue weighted by Crippen LogP contribution is -2.37. The molecular weight excluding hydrogens is 332 g/mol. The van der Waals surface area contributed by atoms with Crippen LogP contribution in [0, 0.1) is 0 Å². The summed E-state index contributed by atoms with van der Waals surface area (Å²) in [5.41, 5.74) is 1.23. The van der Waals surface area contributed by atoms with Gasteiger partial charge < -0.3 is 4.90 Å². The van der Waals surface area contributed by atoms with Crippen LogP contribution in [-0.4, -0.2) is 46.8 Å². The maximum atomic E-state index is 12.4. The van der Waals surface area contributed by atoms with Gasteiger partial charge >= 0.3 is 0 Å². The largest absolute Gasteiger partial charge is 0.344 e. The highest BCUT2D eigenvalue weighted by atomic mass is 16.2. The maximum absolute atomic E-state index is 12.4. The summed E-state index contributed by atoms with van der Waals surface area (Å²) < 4.78 is 0. The van der Waals surface area contributed by atoms with Crippen molar-refractivity contribution in [1.82, 2.24) is 14.9 Å². The van der Waals surface area contributed by atoms with E-state index in [0.717, 1.165) is 0 Å². The Bertz CT molecular complexity index is 1050. The van der Waals surface area contributed by atoms with Gasteiger partial charge in [0.25, 0.3) is 17.4 Å². The molecular formula is C19H16N4O3. The lowest BCUT2D eigenvalue weighted by Gasteiger charge is -2.21. The van der Waals surface area contributed by atoms with E-state index in [1.54, 1.807) is 54.4 Å². The zero-order valence-corrected chi connectivity index (χ0v) is 14.1. The van der Waals surface area contributed by atoms with Crippen LogP contribution < -0.4 is 10.5 Å². The van der Waals surface area contributed by atoms with Crippen molar-refractivity contribution in [3.63, 3.8) is 0 Å². The number of aromatic amines is 1. The number of imide groups is 1. The molecule has 1 N–H and O–H groups in total. The number of para-hydroxylation sites is 1. The average Bonchev–Trinajstić information content (AvgIpc) is 2.90. The number of carbonyl (C=O) groups is 2. The minimum Gasteiger partial charge on any atom is -0.344 e. The summed E-state index contributed by atoms with van der Waals surface area (Å²) in [6, 6.07) is 13.9. The van der Waals surface area contributed by atoms with Crippen molar-refractivity contribution in [3.8, 4) is 0 Å². The second-order valence-corrected chi connectivity index (χ2v) is 6.14. The van der Waals surface area contributed by atoms with Crippen molar-refractivity contribution in [2.75, 3.05) is 25.0 Å². The lowest BCUT2D eigenvalue weighted by atomic mass is 10.1. The number of rotatable bonds is 4. The molecule has 0 saturated heterocycles. The highest BCUT2D eigenvalue weighted by Crippen LogP contribution is 2.22. The number of aromatic nitrogens is 2. The Balaban J connectivity index is 1.53. The number of amides is 2. The van der Waals surface area contributed by atoms with Crippen LogP contribution in [0.3, 0.4) is 0 Å². The molecule has 2 heterocycles. The number of H-pyrrole nitrogens is 1. The van der Waals surface area contributed by atoms with Crippen LogP contribution in [0.1, 0.15) is 20.7 Å². The second kappa shape index (κ2) is 6.11. The number of nitrogens with zero attached hydrogens (tertiary/aromatic N) is 3. The summed E-state index contributed by atoms with van der Waals surface area (Å²) in [5.74, 6) is -0.191. The lowest BCUT2D eigenvalue weighted by molar-refractivity contribution is 0.0658. The Hall–Kier alpha value is -3.48. The molecule has 0 radical (unpaired) electrons. The van der Waals surface area contributed by atoms with Crippen LogP contribution in [0.15, 0.2) is 53.3 Å². The monoisotopic (exact) mass is 348 g/mol. The van der Waals surface area contributed by atoms with Gasteiger partial charge in [-0.3, -0.25) is 24.3 Å². The van der Waals surface area contributed by atoms with Gasteiger partial charge in [-0.2, -0.15) is 0 Å². The quantitative estimate of drug-likeness (QED) is 0.725. The van der Waals surface area contributed by atoms with Gasteiger partial charge in [-0.25, -0.2) is 4.98 Å². The molecule has 0 bridgehead atoms. The predicted octanol–water partition coefficient (Wildman–Crippen LogP) is 1.66. The first-order valence-corrected chi connectivity index (χ1v) is 8.21. The molecule has 0 fully saturated rings. The summed E-state index contributed by atoms with van der Waals surface area (Å²) in [7, 11) is 1.76. The standard InChI is InChI=1S/C19H16N4O3/c1-22(19-20-15-9-5-4-8-14(15)16(24)21-19)10-11-23-17(25)12-6-2-3-7-13(12)18(23)26/h2-9H,10-11H2,1H3,(H,20,21,24). The summed E-state index contributed by atoms with van der Waals surface area (Å²) in [6.07, 6.45) is 0. The van der Waals surface area contributed by atoms with E-state index in [0.29, 0.717) is 34.5 Å². The van der Waals surface area contributed by atoms with Gasteiger partial charge in [0.1, 0.15) is 0 Å². The molecule has 7 nitrogen and oxygen atoms in total. The average molecular weight is 348 g/mol. The third-order valence-electron chi connectivity index (χ3n) is 4.50. The minimum atomic E-state index is -0.293. The first kappa shape index (κ1) is 16.0. The Morgan fingerprint density at radius 3 is 2.27 bits per heavy atom. The highest BCUT2D eigenvalue weighted by molar-refractivity contribution is 6.21. The minimum absolute atomic E-state index is 0.208. The number of hydrogen-bond donors (Lipinski definition) is 1. The molecule has 2 aromatic carbocycles. The van der Waals surface area contributed by atoms with Crippen LogP contribution in [0.4, 0.5) is 5.95 Å². The number of benzene rings is 2. The molecule has 0 saturated carbocycles. The Morgan fingerprint density at radius 1 is 0.962 bits per heavy atom. The third-order valence-corrected chi connectivity index (χ3v) is 4.50. The number of anilines is 1. The first-order chi connectivity index (χ1) is 12.6. The smallest absolute Gasteiger partial charge is 0.261 e. The number of fused-ring (bicyclic) bond motifs is 2. The molecule has 130 valence electrons. The molecule has 1 aromatic heterocycles. The van der Waals surface area contributed by atoms with Crippen molar-refractivity contribution in [2.45, 2.75) is 0 Å². The Morgan fingerprint density at radius 2 is 1.58 bits per heavy atom. The van der Waals surface area contributed by atoms with E-state index in [1.165, 1.54) is 4.90 Å². The van der Waals surface area contributed by atoms with Crippen molar-refractivity contribution >= 4 is 28.7 Å². The molecule has 1 aliphatic heterocycles. The van der Waals surface area contributed by atoms with E-state index in [2.05, 4.69) is 9.97 Å². The van der Waals surface area contributed by atoms with E-state index in [-0.39, 0.29) is 23.9 Å². The van der Waals surface area contributed by atoms with E-state index in [1.807, 2.05) is 6.07 Å². The Kier molecular flexibility index (Phi) is 3.76. The van der Waals surface area contributed by atoms with E-state index < -0.39 is 0 Å². The molecule has 2 amide bonds. The van der Waals surface area contributed by atoms with Crippen LogP contribution in [0.25, 0.3) is 10.9 Å². The van der Waals surface area contributed by atoms with Gasteiger partial charge in [0.05, 0.1) is 22.0 Å². The third kappa shape index (κ3) is 2.54. The fourth-order valence-corrected chi connectivity index (χ4v) is 3.05. The molecule has 0 atom stereocenters. The van der Waals surface area contributed by atoms with Crippen molar-refractivity contribution in [3.05, 3.63) is 70.0 Å². The van der Waals surface area contributed by atoms with Gasteiger partial charge in [-0.15, -0.1) is 0 Å². The topological polar surface area (TPSA) is 86.4 Å². The molecule has 26 heavy (non-hydrogen) atoms. The number of carbonyl (C=O) groups excluding carboxylic acids is 2. The van der Waals surface area contributed by atoms with Gasteiger partial charge in [0, 0.05) is 20.1 Å². The molecule has 3 aromatic rings. The molecule has 7 heteroatoms. The molecule has 4 rings (SSSR count). The first-order valence-electron chi connectivity index (χ1n) is 8.21. The normalized spacial score (nSPS) is 13.3. The van der Waals surface area contributed by atoms with Crippen LogP contribution in [-0.2, 0) is 0 Å². The summed E-state index contributed by atoms with van der Waals surface area (Å²) in [4.78, 5) is 47.1. The van der Waals surface area contributed by atoms with Gasteiger partial charge in [-0.05, 0) is 24.3 Å². The molecule has 0 aliphatic carbocycles. The summed E-state index contributed by atoms with van der Waals surface area (Å²) in [6.45, 7) is 0.562. The highest BCUT2D eigenvalue weighted by Gasteiger charge is 2.34. The zero-order valence-electron chi connectivity index (χ0n) is 14.1. The summed E-state index contributed by atoms with van der Waals surface area (Å²) in [5, 5.41) is 0.519. The maximum Gasteiger partial charge on any atom is 0.261 e. The molecule has 1 aliphatic rings. The number of nitrogens with one attached hydrogen (secondary N) is 1. The van der Waals surface area contributed by atoms with Gasteiger partial charge in [0.2, 0.25) is 5.95 Å². The van der Waals surface area contributed by atoms with Crippen molar-refractivity contribution in [2.24, 2.45) is 0 Å². The fraction of sp³-hybridized carbons (Fsp3) is 0.158. The fourth-order valence-electron chi connectivity index (χ4n) is 3.05.